The highest BCUT2D eigenvalue weighted by Crippen LogP contribution is 2.17. The van der Waals surface area contributed by atoms with E-state index in [-0.39, 0.29) is 30.7 Å². The third kappa shape index (κ3) is 8.42. The van der Waals surface area contributed by atoms with Crippen molar-refractivity contribution < 1.29 is 4.79 Å². The quantitative estimate of drug-likeness (QED) is 0.757. The molecule has 0 spiro atoms. The van der Waals surface area contributed by atoms with Crippen LogP contribution in [0.15, 0.2) is 5.38 Å². The van der Waals surface area contributed by atoms with Gasteiger partial charge in [-0.25, -0.2) is 4.98 Å². The zero-order valence-electron chi connectivity index (χ0n) is 11.6. The normalized spacial score (nSPS) is 9.68. The average Bonchev–Trinajstić information content (AvgIpc) is 2.75. The highest BCUT2D eigenvalue weighted by molar-refractivity contribution is 7.09. The van der Waals surface area contributed by atoms with Gasteiger partial charge in [0.2, 0.25) is 5.91 Å². The van der Waals surface area contributed by atoms with Gasteiger partial charge < -0.3 is 10.6 Å². The largest absolute Gasteiger partial charge is 0.350 e. The molecule has 0 bridgehead atoms. The van der Waals surface area contributed by atoms with Gasteiger partial charge >= 0.3 is 0 Å². The lowest BCUT2D eigenvalue weighted by atomic mass is 10.2. The summed E-state index contributed by atoms with van der Waals surface area (Å²) in [5, 5.41) is 8.96. The molecule has 1 aromatic rings. The van der Waals surface area contributed by atoms with Crippen LogP contribution in [0.4, 0.5) is 0 Å². The lowest BCUT2D eigenvalue weighted by molar-refractivity contribution is -0.121. The van der Waals surface area contributed by atoms with Crippen LogP contribution in [0.25, 0.3) is 0 Å². The molecule has 1 amide bonds. The molecule has 0 fully saturated rings. The van der Waals surface area contributed by atoms with Crippen LogP contribution >= 0.6 is 36.2 Å². The maximum Gasteiger partial charge on any atom is 0.220 e. The van der Waals surface area contributed by atoms with Crippen LogP contribution in [0, 0.1) is 0 Å². The van der Waals surface area contributed by atoms with E-state index in [0.29, 0.717) is 18.9 Å². The molecular formula is C12H23Cl2N3OS. The molecule has 2 N–H and O–H groups in total. The van der Waals surface area contributed by atoms with Gasteiger partial charge in [0.1, 0.15) is 5.01 Å². The van der Waals surface area contributed by atoms with Gasteiger partial charge in [0, 0.05) is 11.8 Å². The number of rotatable bonds is 7. The number of nitrogens with zero attached hydrogens (tertiary/aromatic N) is 1. The second-order valence-electron chi connectivity index (χ2n) is 4.30. The van der Waals surface area contributed by atoms with E-state index in [1.54, 1.807) is 11.3 Å². The number of carbonyl (C=O) groups excluding carboxylic acids is 1. The average molecular weight is 328 g/mol. The van der Waals surface area contributed by atoms with Gasteiger partial charge in [0.25, 0.3) is 0 Å². The first-order valence-electron chi connectivity index (χ1n) is 5.99. The Balaban J connectivity index is 0. The Labute approximate surface area is 131 Å². The standard InChI is InChI=1S/C12H21N3OS.2ClH/c1-9(2)10-8-17-12(15-10)7-14-11(16)5-4-6-13-3;;/h8-9,13H,4-7H2,1-3H3,(H,14,16);2*1H. The van der Waals surface area contributed by atoms with Crippen molar-refractivity contribution >= 4 is 42.1 Å². The lowest BCUT2D eigenvalue weighted by Crippen LogP contribution is -2.23. The Morgan fingerprint density at radius 3 is 2.63 bits per heavy atom. The maximum atomic E-state index is 11.5. The third-order valence-electron chi connectivity index (χ3n) is 2.43. The number of hydrogen-bond acceptors (Lipinski definition) is 4. The summed E-state index contributed by atoms with van der Waals surface area (Å²) in [7, 11) is 1.89. The molecule has 7 heteroatoms. The van der Waals surface area contributed by atoms with E-state index in [2.05, 4.69) is 34.8 Å². The van der Waals surface area contributed by atoms with Gasteiger partial charge in [-0.3, -0.25) is 4.79 Å². The Kier molecular flexibility index (Phi) is 12.6. The van der Waals surface area contributed by atoms with Crippen molar-refractivity contribution in [3.8, 4) is 0 Å². The zero-order valence-corrected chi connectivity index (χ0v) is 14.0. The predicted molar refractivity (Wildman–Crippen MR) is 85.7 cm³/mol. The van der Waals surface area contributed by atoms with Gasteiger partial charge in [-0.2, -0.15) is 0 Å². The van der Waals surface area contributed by atoms with Crippen LogP contribution in [0.2, 0.25) is 0 Å². The molecule has 112 valence electrons. The first-order valence-corrected chi connectivity index (χ1v) is 6.87. The van der Waals surface area contributed by atoms with Crippen molar-refractivity contribution in [3.05, 3.63) is 16.1 Å². The number of thiazole rings is 1. The van der Waals surface area contributed by atoms with E-state index in [1.807, 2.05) is 7.05 Å². The van der Waals surface area contributed by atoms with E-state index in [4.69, 9.17) is 0 Å². The predicted octanol–water partition coefficient (Wildman–Crippen LogP) is 2.73. The number of aromatic nitrogens is 1. The smallest absolute Gasteiger partial charge is 0.220 e. The number of halogens is 2. The third-order valence-corrected chi connectivity index (χ3v) is 3.30. The molecule has 0 unspecified atom stereocenters. The molecule has 0 aliphatic rings. The van der Waals surface area contributed by atoms with Gasteiger partial charge in [0.05, 0.1) is 12.2 Å². The second kappa shape index (κ2) is 11.5. The van der Waals surface area contributed by atoms with Crippen LogP contribution in [-0.4, -0.2) is 24.5 Å². The van der Waals surface area contributed by atoms with Crippen LogP contribution in [-0.2, 0) is 11.3 Å². The minimum absolute atomic E-state index is 0. The fraction of sp³-hybridized carbons (Fsp3) is 0.667. The highest BCUT2D eigenvalue weighted by atomic mass is 35.5. The van der Waals surface area contributed by atoms with Gasteiger partial charge in [-0.1, -0.05) is 13.8 Å². The lowest BCUT2D eigenvalue weighted by Gasteiger charge is -2.03. The van der Waals surface area contributed by atoms with Crippen molar-refractivity contribution in [2.75, 3.05) is 13.6 Å². The number of amides is 1. The van der Waals surface area contributed by atoms with Gasteiger partial charge in [-0.15, -0.1) is 36.2 Å². The minimum Gasteiger partial charge on any atom is -0.350 e. The molecule has 1 rings (SSSR count). The number of hydrogen-bond donors (Lipinski definition) is 2. The van der Waals surface area contributed by atoms with Crippen LogP contribution in [0.1, 0.15) is 43.3 Å². The summed E-state index contributed by atoms with van der Waals surface area (Å²) >= 11 is 1.61. The van der Waals surface area contributed by atoms with E-state index in [9.17, 15) is 4.79 Å². The van der Waals surface area contributed by atoms with Gasteiger partial charge in [0.15, 0.2) is 0 Å². The molecule has 0 saturated heterocycles. The first kappa shape index (κ1) is 20.9. The van der Waals surface area contributed by atoms with E-state index in [0.717, 1.165) is 23.7 Å². The van der Waals surface area contributed by atoms with Crippen molar-refractivity contribution in [1.29, 1.82) is 0 Å². The van der Waals surface area contributed by atoms with Crippen LogP contribution in [0.3, 0.4) is 0 Å². The first-order chi connectivity index (χ1) is 8.13. The van der Waals surface area contributed by atoms with Crippen LogP contribution in [0.5, 0.6) is 0 Å². The van der Waals surface area contributed by atoms with Crippen LogP contribution < -0.4 is 10.6 Å². The molecule has 0 atom stereocenters. The van der Waals surface area contributed by atoms with Crippen molar-refractivity contribution in [2.24, 2.45) is 0 Å². The van der Waals surface area contributed by atoms with Crippen molar-refractivity contribution in [3.63, 3.8) is 0 Å². The van der Waals surface area contributed by atoms with E-state index >= 15 is 0 Å². The molecule has 4 nitrogen and oxygen atoms in total. The van der Waals surface area contributed by atoms with Crippen molar-refractivity contribution in [2.45, 2.75) is 39.2 Å². The molecule has 0 aliphatic heterocycles. The fourth-order valence-electron chi connectivity index (χ4n) is 1.36. The number of carbonyl (C=O) groups is 1. The summed E-state index contributed by atoms with van der Waals surface area (Å²) < 4.78 is 0. The molecule has 1 aromatic heterocycles. The Morgan fingerprint density at radius 1 is 1.42 bits per heavy atom. The zero-order chi connectivity index (χ0) is 12.7. The Bertz CT molecular complexity index is 358. The summed E-state index contributed by atoms with van der Waals surface area (Å²) in [6.45, 7) is 5.67. The summed E-state index contributed by atoms with van der Waals surface area (Å²) in [5.41, 5.74) is 1.11. The molecule has 0 radical (unpaired) electrons. The van der Waals surface area contributed by atoms with E-state index < -0.39 is 0 Å². The molecule has 1 heterocycles. The van der Waals surface area contributed by atoms with E-state index in [1.165, 1.54) is 0 Å². The topological polar surface area (TPSA) is 54.0 Å². The van der Waals surface area contributed by atoms with Crippen molar-refractivity contribution in [1.82, 2.24) is 15.6 Å². The summed E-state index contributed by atoms with van der Waals surface area (Å²) in [6.07, 6.45) is 1.45. The highest BCUT2D eigenvalue weighted by Gasteiger charge is 2.06. The number of nitrogens with one attached hydrogen (secondary N) is 2. The summed E-state index contributed by atoms with van der Waals surface area (Å²) in [4.78, 5) is 15.9. The fourth-order valence-corrected chi connectivity index (χ4v) is 2.26. The molecule has 0 aromatic carbocycles. The maximum absolute atomic E-state index is 11.5. The summed E-state index contributed by atoms with van der Waals surface area (Å²) in [5.74, 6) is 0.549. The SMILES string of the molecule is CNCCCC(=O)NCc1nc(C(C)C)cs1.Cl.Cl. The Morgan fingerprint density at radius 2 is 2.11 bits per heavy atom. The molecule has 19 heavy (non-hydrogen) atoms. The molecule has 0 saturated carbocycles. The van der Waals surface area contributed by atoms with Gasteiger partial charge in [-0.05, 0) is 25.9 Å². The Hall–Kier alpha value is -0.360. The molecule has 0 aliphatic carbocycles. The monoisotopic (exact) mass is 327 g/mol. The minimum atomic E-state index is 0. The molecular weight excluding hydrogens is 305 g/mol. The second-order valence-corrected chi connectivity index (χ2v) is 5.25. The summed E-state index contributed by atoms with van der Waals surface area (Å²) in [6, 6.07) is 0.